The largest absolute Gasteiger partial charge is 0.338 e. The maximum atomic E-state index is 10.7. The molecular weight excluding hydrogens is 394 g/mol. The van der Waals surface area contributed by atoms with Gasteiger partial charge >= 0.3 is 0 Å². The Labute approximate surface area is 171 Å². The van der Waals surface area contributed by atoms with Gasteiger partial charge in [0.25, 0.3) is 5.69 Å². The number of rotatable bonds is 4. The molecule has 0 atom stereocenters. The summed E-state index contributed by atoms with van der Waals surface area (Å²) in [7, 11) is 0. The van der Waals surface area contributed by atoms with Gasteiger partial charge in [0.15, 0.2) is 5.11 Å². The van der Waals surface area contributed by atoms with Crippen LogP contribution in [0.4, 0.5) is 11.4 Å². The number of thiazole rings is 1. The maximum absolute atomic E-state index is 10.7. The first-order chi connectivity index (χ1) is 13.6. The molecule has 0 saturated carbocycles. The van der Waals surface area contributed by atoms with Crippen molar-refractivity contribution in [3.8, 4) is 0 Å². The third-order valence-corrected chi connectivity index (χ3v) is 6.22. The highest BCUT2D eigenvalue weighted by Gasteiger charge is 2.23. The van der Waals surface area contributed by atoms with Crippen molar-refractivity contribution in [2.24, 2.45) is 0 Å². The molecule has 0 bridgehead atoms. The molecule has 28 heavy (non-hydrogen) atoms. The van der Waals surface area contributed by atoms with E-state index >= 15 is 0 Å². The standard InChI is InChI=1S/C19H19N5O2S2/c25-24(26)15-7-5-14(6-8-15)20-19(27)23-11-9-22(10-12-23)13-18-21-16-3-1-2-4-17(16)28-18/h1-8H,9-13H2,(H,20,27)/p+1. The van der Waals surface area contributed by atoms with E-state index in [1.807, 2.05) is 6.07 Å². The van der Waals surface area contributed by atoms with Crippen molar-refractivity contribution in [3.05, 3.63) is 63.7 Å². The number of nitrogens with zero attached hydrogens (tertiary/aromatic N) is 3. The second-order valence-corrected chi connectivity index (χ2v) is 8.23. The van der Waals surface area contributed by atoms with Gasteiger partial charge in [0.1, 0.15) is 11.6 Å². The number of aromatic nitrogens is 1. The molecule has 0 unspecified atom stereocenters. The highest BCUT2D eigenvalue weighted by molar-refractivity contribution is 7.80. The summed E-state index contributed by atoms with van der Waals surface area (Å²) in [6.07, 6.45) is 0. The van der Waals surface area contributed by atoms with Crippen molar-refractivity contribution >= 4 is 50.3 Å². The molecule has 3 aromatic rings. The monoisotopic (exact) mass is 414 g/mol. The predicted octanol–water partition coefficient (Wildman–Crippen LogP) is 2.30. The Morgan fingerprint density at radius 3 is 2.61 bits per heavy atom. The molecule has 0 amide bonds. The summed E-state index contributed by atoms with van der Waals surface area (Å²) in [5, 5.41) is 15.8. The number of fused-ring (bicyclic) bond motifs is 1. The van der Waals surface area contributed by atoms with Crippen LogP contribution in [0, 0.1) is 10.1 Å². The minimum Gasteiger partial charge on any atom is -0.338 e. The fourth-order valence-corrected chi connectivity index (χ4v) is 4.62. The lowest BCUT2D eigenvalue weighted by molar-refractivity contribution is -0.917. The second kappa shape index (κ2) is 8.17. The average molecular weight is 415 g/mol. The molecule has 9 heteroatoms. The number of nitro benzene ring substituents is 1. The smallest absolute Gasteiger partial charge is 0.269 e. The number of anilines is 1. The van der Waals surface area contributed by atoms with E-state index in [0.717, 1.165) is 43.9 Å². The number of hydrogen-bond donors (Lipinski definition) is 2. The van der Waals surface area contributed by atoms with E-state index in [1.54, 1.807) is 23.5 Å². The van der Waals surface area contributed by atoms with Crippen LogP contribution >= 0.6 is 23.6 Å². The lowest BCUT2D eigenvalue weighted by Crippen LogP contribution is -3.13. The van der Waals surface area contributed by atoms with Crippen molar-refractivity contribution in [1.29, 1.82) is 0 Å². The summed E-state index contributed by atoms with van der Waals surface area (Å²) in [6.45, 7) is 4.68. The second-order valence-electron chi connectivity index (χ2n) is 6.72. The van der Waals surface area contributed by atoms with Crippen molar-refractivity contribution in [3.63, 3.8) is 0 Å². The van der Waals surface area contributed by atoms with E-state index in [0.29, 0.717) is 5.11 Å². The van der Waals surface area contributed by atoms with E-state index in [2.05, 4.69) is 28.4 Å². The lowest BCUT2D eigenvalue weighted by atomic mass is 10.3. The SMILES string of the molecule is O=[N+]([O-])c1ccc(NC(=S)N2CC[NH+](Cc3nc4ccccc4s3)CC2)cc1. The first kappa shape index (κ1) is 18.7. The molecule has 1 saturated heterocycles. The average Bonchev–Trinajstić information content (AvgIpc) is 3.11. The summed E-state index contributed by atoms with van der Waals surface area (Å²) >= 11 is 7.29. The summed E-state index contributed by atoms with van der Waals surface area (Å²) in [5.74, 6) is 0. The lowest BCUT2D eigenvalue weighted by Gasteiger charge is -2.33. The van der Waals surface area contributed by atoms with E-state index in [9.17, 15) is 10.1 Å². The number of nitro groups is 1. The Kier molecular flexibility index (Phi) is 5.47. The fourth-order valence-electron chi connectivity index (χ4n) is 3.28. The summed E-state index contributed by atoms with van der Waals surface area (Å²) in [5.41, 5.74) is 1.91. The third-order valence-electron chi connectivity index (χ3n) is 4.83. The number of thiocarbonyl (C=S) groups is 1. The van der Waals surface area contributed by atoms with Crippen LogP contribution in [0.1, 0.15) is 5.01 Å². The van der Waals surface area contributed by atoms with Gasteiger partial charge in [-0.15, -0.1) is 11.3 Å². The molecule has 0 spiro atoms. The zero-order chi connectivity index (χ0) is 19.5. The summed E-state index contributed by atoms with van der Waals surface area (Å²) in [6, 6.07) is 14.6. The first-order valence-corrected chi connectivity index (χ1v) is 10.3. The normalized spacial score (nSPS) is 14.9. The Morgan fingerprint density at radius 2 is 1.93 bits per heavy atom. The van der Waals surface area contributed by atoms with E-state index in [4.69, 9.17) is 17.2 Å². The van der Waals surface area contributed by atoms with Crippen molar-refractivity contribution in [2.45, 2.75) is 6.54 Å². The van der Waals surface area contributed by atoms with Gasteiger partial charge < -0.3 is 15.1 Å². The molecule has 2 N–H and O–H groups in total. The zero-order valence-electron chi connectivity index (χ0n) is 15.1. The minimum atomic E-state index is -0.407. The van der Waals surface area contributed by atoms with Crippen LogP contribution in [-0.4, -0.2) is 46.1 Å². The van der Waals surface area contributed by atoms with Crippen LogP contribution in [0.25, 0.3) is 10.2 Å². The minimum absolute atomic E-state index is 0.0727. The molecule has 4 rings (SSSR count). The van der Waals surface area contributed by atoms with Gasteiger partial charge in [-0.05, 0) is 36.5 Å². The number of quaternary nitrogens is 1. The Hall–Kier alpha value is -2.62. The summed E-state index contributed by atoms with van der Waals surface area (Å²) < 4.78 is 1.24. The Balaban J connectivity index is 1.29. The number of benzene rings is 2. The molecular formula is C19H20N5O2S2+. The van der Waals surface area contributed by atoms with Crippen LogP contribution in [-0.2, 0) is 6.54 Å². The van der Waals surface area contributed by atoms with Gasteiger partial charge in [-0.1, -0.05) is 12.1 Å². The van der Waals surface area contributed by atoms with Crippen LogP contribution in [0.15, 0.2) is 48.5 Å². The third kappa shape index (κ3) is 4.27. The maximum Gasteiger partial charge on any atom is 0.269 e. The molecule has 1 aromatic heterocycles. The van der Waals surface area contributed by atoms with E-state index in [-0.39, 0.29) is 5.69 Å². The van der Waals surface area contributed by atoms with Crippen LogP contribution in [0.5, 0.6) is 0 Å². The molecule has 144 valence electrons. The molecule has 1 aliphatic rings. The molecule has 2 aromatic carbocycles. The van der Waals surface area contributed by atoms with Gasteiger partial charge in [-0.25, -0.2) is 4.98 Å². The molecule has 1 fully saturated rings. The number of non-ortho nitro benzene ring substituents is 1. The molecule has 1 aliphatic heterocycles. The van der Waals surface area contributed by atoms with Crippen LogP contribution < -0.4 is 10.2 Å². The van der Waals surface area contributed by atoms with Crippen molar-refractivity contribution in [1.82, 2.24) is 9.88 Å². The van der Waals surface area contributed by atoms with Gasteiger partial charge in [-0.2, -0.15) is 0 Å². The van der Waals surface area contributed by atoms with Crippen LogP contribution in [0.2, 0.25) is 0 Å². The Bertz CT molecular complexity index is 964. The molecule has 0 aliphatic carbocycles. The van der Waals surface area contributed by atoms with Crippen molar-refractivity contribution in [2.75, 3.05) is 31.5 Å². The fraction of sp³-hybridized carbons (Fsp3) is 0.263. The number of nitrogens with one attached hydrogen (secondary N) is 2. The molecule has 7 nitrogen and oxygen atoms in total. The highest BCUT2D eigenvalue weighted by atomic mass is 32.1. The van der Waals surface area contributed by atoms with E-state index in [1.165, 1.54) is 26.7 Å². The van der Waals surface area contributed by atoms with Crippen molar-refractivity contribution < 1.29 is 9.82 Å². The van der Waals surface area contributed by atoms with Gasteiger partial charge in [0.05, 0.1) is 41.3 Å². The topological polar surface area (TPSA) is 75.7 Å². The Morgan fingerprint density at radius 1 is 1.21 bits per heavy atom. The van der Waals surface area contributed by atoms with Gasteiger partial charge in [0, 0.05) is 17.8 Å². The number of hydrogen-bond acceptors (Lipinski definition) is 5. The number of para-hydroxylation sites is 1. The first-order valence-electron chi connectivity index (χ1n) is 9.07. The van der Waals surface area contributed by atoms with Gasteiger partial charge in [-0.3, -0.25) is 10.1 Å². The quantitative estimate of drug-likeness (QED) is 0.388. The van der Waals surface area contributed by atoms with Crippen LogP contribution in [0.3, 0.4) is 0 Å². The summed E-state index contributed by atoms with van der Waals surface area (Å²) in [4.78, 5) is 18.7. The van der Waals surface area contributed by atoms with E-state index < -0.39 is 4.92 Å². The molecule has 2 heterocycles. The zero-order valence-corrected chi connectivity index (χ0v) is 16.8. The molecule has 0 radical (unpaired) electrons. The number of piperazine rings is 1. The van der Waals surface area contributed by atoms with Gasteiger partial charge in [0.2, 0.25) is 0 Å². The highest BCUT2D eigenvalue weighted by Crippen LogP contribution is 2.21. The predicted molar refractivity (Wildman–Crippen MR) is 115 cm³/mol.